The third-order valence-electron chi connectivity index (χ3n) is 7.01. The fourth-order valence-corrected chi connectivity index (χ4v) is 4.89. The van der Waals surface area contributed by atoms with Gasteiger partial charge in [-0.05, 0) is 30.3 Å². The number of rotatable bonds is 13. The summed E-state index contributed by atoms with van der Waals surface area (Å²) >= 11 is 0. The molecule has 0 saturated carbocycles. The first-order valence-electron chi connectivity index (χ1n) is 13.5. The zero-order valence-electron chi connectivity index (χ0n) is 24.1. The van der Waals surface area contributed by atoms with Crippen molar-refractivity contribution >= 4 is 18.0 Å². The van der Waals surface area contributed by atoms with E-state index in [1.54, 1.807) is 71.6 Å². The van der Waals surface area contributed by atoms with Gasteiger partial charge in [0.1, 0.15) is 23.9 Å². The van der Waals surface area contributed by atoms with Gasteiger partial charge in [0.2, 0.25) is 6.79 Å². The molecule has 0 saturated heterocycles. The molecule has 3 aromatic carbocycles. The van der Waals surface area contributed by atoms with Crippen LogP contribution in [0.2, 0.25) is 0 Å². The fourth-order valence-electron chi connectivity index (χ4n) is 4.89. The topological polar surface area (TPSA) is 139 Å². The Morgan fingerprint density at radius 3 is 2.48 bits per heavy atom. The molecule has 11 nitrogen and oxygen atoms in total. The Labute approximate surface area is 253 Å². The summed E-state index contributed by atoms with van der Waals surface area (Å²) in [5.74, 6) is 0.224. The molecular weight excluding hydrogens is 568 g/mol. The van der Waals surface area contributed by atoms with Gasteiger partial charge in [0.25, 0.3) is 0 Å². The number of benzene rings is 3. The highest BCUT2D eigenvalue weighted by molar-refractivity contribution is 5.94. The van der Waals surface area contributed by atoms with Gasteiger partial charge in [0, 0.05) is 46.4 Å². The van der Waals surface area contributed by atoms with Crippen molar-refractivity contribution < 1.29 is 43.5 Å². The second-order valence-electron chi connectivity index (χ2n) is 9.70. The number of aromatic nitrogens is 2. The molecule has 1 aliphatic rings. The van der Waals surface area contributed by atoms with Crippen LogP contribution in [0.1, 0.15) is 27.0 Å². The van der Waals surface area contributed by atoms with Gasteiger partial charge in [-0.25, -0.2) is 9.59 Å². The number of nitrogens with zero attached hydrogens (tertiary/aromatic N) is 2. The van der Waals surface area contributed by atoms with Crippen molar-refractivity contribution in [2.45, 2.75) is 19.6 Å². The Kier molecular flexibility index (Phi) is 8.85. The first kappa shape index (κ1) is 29.8. The molecule has 2 N–H and O–H groups in total. The molecule has 1 aromatic heterocycles. The average Bonchev–Trinajstić information content (AvgIpc) is 3.65. The van der Waals surface area contributed by atoms with Crippen molar-refractivity contribution in [3.8, 4) is 40.0 Å². The minimum Gasteiger partial charge on any atom is -0.497 e. The highest BCUT2D eigenvalue weighted by Crippen LogP contribution is 2.40. The second kappa shape index (κ2) is 13.1. The molecule has 1 aliphatic heterocycles. The van der Waals surface area contributed by atoms with Crippen molar-refractivity contribution in [1.82, 2.24) is 9.78 Å². The summed E-state index contributed by atoms with van der Waals surface area (Å²) < 4.78 is 29.7. The average molecular weight is 599 g/mol. The summed E-state index contributed by atoms with van der Waals surface area (Å²) in [7, 11) is 3.03. The standard InChI is InChI=1S/C33H30N2O9/c1-4-11-35-31(26-10-9-24(40-2)15-28(26)42-18-20-7-5-6-8-25(20)33(38)39)23(17-34-35)13-22(32(36)37)12-21-14-29-30(44-19-43-29)16-27(21)41-3/h4-10,13-17H,1,11-12,18-19H2,2-3H3,(H,36,37)(H,38,39). The van der Waals surface area contributed by atoms with Crippen LogP contribution in [0.4, 0.5) is 0 Å². The molecule has 0 unspecified atom stereocenters. The predicted octanol–water partition coefficient (Wildman–Crippen LogP) is 5.47. The van der Waals surface area contributed by atoms with E-state index in [0.717, 1.165) is 0 Å². The monoisotopic (exact) mass is 598 g/mol. The number of fused-ring (bicyclic) bond motifs is 1. The summed E-state index contributed by atoms with van der Waals surface area (Å²) in [4.78, 5) is 24.3. The molecule has 0 fully saturated rings. The van der Waals surface area contributed by atoms with Crippen molar-refractivity contribution in [3.63, 3.8) is 0 Å². The van der Waals surface area contributed by atoms with Crippen molar-refractivity contribution in [1.29, 1.82) is 0 Å². The van der Waals surface area contributed by atoms with Gasteiger partial charge in [-0.15, -0.1) is 6.58 Å². The van der Waals surface area contributed by atoms with Gasteiger partial charge < -0.3 is 33.9 Å². The van der Waals surface area contributed by atoms with E-state index in [9.17, 15) is 19.8 Å². The van der Waals surface area contributed by atoms with E-state index in [0.29, 0.717) is 63.2 Å². The number of allylic oxidation sites excluding steroid dienone is 1. The molecule has 5 rings (SSSR count). The van der Waals surface area contributed by atoms with E-state index in [-0.39, 0.29) is 31.0 Å². The fraction of sp³-hybridized carbons (Fsp3) is 0.182. The van der Waals surface area contributed by atoms with Crippen LogP contribution >= 0.6 is 0 Å². The van der Waals surface area contributed by atoms with E-state index in [1.165, 1.54) is 20.3 Å². The SMILES string of the molecule is C=CCn1ncc(C=C(Cc2cc3c(cc2OC)OCO3)C(=O)O)c1-c1ccc(OC)cc1OCc1ccccc1C(=O)O. The number of aliphatic carboxylic acids is 1. The van der Waals surface area contributed by atoms with Crippen LogP contribution in [0.5, 0.6) is 28.7 Å². The van der Waals surface area contributed by atoms with Crippen LogP contribution < -0.4 is 23.7 Å². The van der Waals surface area contributed by atoms with Gasteiger partial charge in [-0.2, -0.15) is 5.10 Å². The number of aromatic carboxylic acids is 1. The lowest BCUT2D eigenvalue weighted by Crippen LogP contribution is -2.07. The predicted molar refractivity (Wildman–Crippen MR) is 161 cm³/mol. The Morgan fingerprint density at radius 2 is 1.77 bits per heavy atom. The molecule has 0 aliphatic carbocycles. The normalized spacial score (nSPS) is 12.1. The van der Waals surface area contributed by atoms with E-state index in [1.807, 2.05) is 0 Å². The zero-order valence-corrected chi connectivity index (χ0v) is 24.1. The lowest BCUT2D eigenvalue weighted by molar-refractivity contribution is -0.132. The Hall–Kier alpha value is -5.71. The van der Waals surface area contributed by atoms with Gasteiger partial charge in [-0.3, -0.25) is 4.68 Å². The van der Waals surface area contributed by atoms with Gasteiger partial charge >= 0.3 is 11.9 Å². The van der Waals surface area contributed by atoms with Gasteiger partial charge in [-0.1, -0.05) is 24.3 Å². The summed E-state index contributed by atoms with van der Waals surface area (Å²) in [6, 6.07) is 15.2. The largest absolute Gasteiger partial charge is 0.497 e. The Balaban J connectivity index is 1.57. The summed E-state index contributed by atoms with van der Waals surface area (Å²) in [6.45, 7) is 4.20. The number of carbonyl (C=O) groups is 2. The van der Waals surface area contributed by atoms with Crippen LogP contribution in [-0.4, -0.2) is 52.9 Å². The molecule has 226 valence electrons. The number of hydrogen-bond donors (Lipinski definition) is 2. The van der Waals surface area contributed by atoms with E-state index < -0.39 is 11.9 Å². The van der Waals surface area contributed by atoms with E-state index in [4.69, 9.17) is 23.7 Å². The number of carboxylic acid groups (broad SMARTS) is 2. The maximum atomic E-state index is 12.5. The van der Waals surface area contributed by atoms with Gasteiger partial charge in [0.05, 0.1) is 38.2 Å². The highest BCUT2D eigenvalue weighted by atomic mass is 16.7. The second-order valence-corrected chi connectivity index (χ2v) is 9.70. The Morgan fingerprint density at radius 1 is 1.00 bits per heavy atom. The summed E-state index contributed by atoms with van der Waals surface area (Å²) in [5, 5.41) is 24.4. The third kappa shape index (κ3) is 6.21. The van der Waals surface area contributed by atoms with Gasteiger partial charge in [0.15, 0.2) is 11.5 Å². The number of carboxylic acids is 2. The van der Waals surface area contributed by atoms with E-state index >= 15 is 0 Å². The maximum Gasteiger partial charge on any atom is 0.336 e. The van der Waals surface area contributed by atoms with Crippen LogP contribution in [0.15, 0.2) is 79.0 Å². The van der Waals surface area contributed by atoms with Crippen LogP contribution in [0.25, 0.3) is 17.3 Å². The van der Waals surface area contributed by atoms with Crippen LogP contribution in [-0.2, 0) is 24.4 Å². The first-order valence-corrected chi connectivity index (χ1v) is 13.5. The third-order valence-corrected chi connectivity index (χ3v) is 7.01. The molecule has 0 amide bonds. The Bertz CT molecular complexity index is 1760. The molecule has 0 atom stereocenters. The molecular formula is C33H30N2O9. The lowest BCUT2D eigenvalue weighted by Gasteiger charge is -2.16. The minimum absolute atomic E-state index is 0.0270. The summed E-state index contributed by atoms with van der Waals surface area (Å²) in [5.41, 5.74) is 2.98. The molecule has 11 heteroatoms. The highest BCUT2D eigenvalue weighted by Gasteiger charge is 2.23. The molecule has 2 heterocycles. The maximum absolute atomic E-state index is 12.5. The molecule has 0 radical (unpaired) electrons. The van der Waals surface area contributed by atoms with Crippen molar-refractivity contribution in [2.24, 2.45) is 0 Å². The number of methoxy groups -OCH3 is 2. The zero-order chi connectivity index (χ0) is 31.2. The quantitative estimate of drug-likeness (QED) is 0.150. The first-order chi connectivity index (χ1) is 21.3. The van der Waals surface area contributed by atoms with Crippen LogP contribution in [0.3, 0.4) is 0 Å². The molecule has 0 spiro atoms. The molecule has 4 aromatic rings. The van der Waals surface area contributed by atoms with E-state index in [2.05, 4.69) is 11.7 Å². The van der Waals surface area contributed by atoms with Crippen molar-refractivity contribution in [3.05, 3.63) is 101 Å². The number of ether oxygens (including phenoxy) is 5. The number of hydrogen-bond acceptors (Lipinski definition) is 8. The lowest BCUT2D eigenvalue weighted by atomic mass is 9.99. The summed E-state index contributed by atoms with van der Waals surface area (Å²) in [6.07, 6.45) is 4.83. The van der Waals surface area contributed by atoms with Crippen LogP contribution in [0, 0.1) is 0 Å². The van der Waals surface area contributed by atoms with Crippen molar-refractivity contribution in [2.75, 3.05) is 21.0 Å². The smallest absolute Gasteiger partial charge is 0.336 e. The molecule has 44 heavy (non-hydrogen) atoms. The molecule has 0 bridgehead atoms. The minimum atomic E-state index is -1.12.